The summed E-state index contributed by atoms with van der Waals surface area (Å²) >= 11 is 0. The van der Waals surface area contributed by atoms with Crippen LogP contribution in [0, 0.1) is 0 Å². The average molecular weight is 208 g/mol. The first kappa shape index (κ1) is 12.1. The van der Waals surface area contributed by atoms with E-state index in [0.29, 0.717) is 0 Å². The van der Waals surface area contributed by atoms with Gasteiger partial charge in [-0.2, -0.15) is 0 Å². The van der Waals surface area contributed by atoms with Gasteiger partial charge >= 0.3 is 0 Å². The zero-order chi connectivity index (χ0) is 10.8. The highest BCUT2D eigenvalue weighted by Gasteiger charge is 1.91. The maximum absolute atomic E-state index is 5.44. The Hall–Kier alpha value is -0.930. The lowest BCUT2D eigenvalue weighted by Gasteiger charge is -2.05. The minimum atomic E-state index is 0.797. The fourth-order valence-electron chi connectivity index (χ4n) is 1.23. The highest BCUT2D eigenvalue weighted by Crippen LogP contribution is 1.94. The van der Waals surface area contributed by atoms with Crippen molar-refractivity contribution in [3.63, 3.8) is 0 Å². The summed E-state index contributed by atoms with van der Waals surface area (Å²) in [5.74, 6) is 0. The Bertz CT molecular complexity index is 239. The normalized spacial score (nSPS) is 10.5. The molecule has 3 heteroatoms. The molecule has 0 aliphatic heterocycles. The van der Waals surface area contributed by atoms with Crippen LogP contribution in [0.4, 0.5) is 0 Å². The van der Waals surface area contributed by atoms with Gasteiger partial charge in [0.2, 0.25) is 0 Å². The standard InChI is InChI=1S/C12H20N2O/c1-2-3-9-15-10-8-14-11-12-4-6-13-7-5-12/h4-7,14H,2-3,8-11H2,1H3. The predicted molar refractivity (Wildman–Crippen MR) is 61.7 cm³/mol. The second-order valence-corrected chi connectivity index (χ2v) is 3.50. The summed E-state index contributed by atoms with van der Waals surface area (Å²) in [5.41, 5.74) is 1.26. The van der Waals surface area contributed by atoms with E-state index >= 15 is 0 Å². The molecule has 0 aliphatic rings. The van der Waals surface area contributed by atoms with Crippen LogP contribution in [0.2, 0.25) is 0 Å². The van der Waals surface area contributed by atoms with E-state index in [1.807, 2.05) is 24.5 Å². The molecule has 0 spiro atoms. The first-order valence-electron chi connectivity index (χ1n) is 5.61. The Kier molecular flexibility index (Phi) is 6.79. The maximum atomic E-state index is 5.44. The monoisotopic (exact) mass is 208 g/mol. The fraction of sp³-hybridized carbons (Fsp3) is 0.583. The van der Waals surface area contributed by atoms with Gasteiger partial charge in [0.1, 0.15) is 0 Å². The van der Waals surface area contributed by atoms with Crippen LogP contribution in [0.3, 0.4) is 0 Å². The quantitative estimate of drug-likeness (QED) is 0.663. The van der Waals surface area contributed by atoms with E-state index in [4.69, 9.17) is 4.74 Å². The number of nitrogens with one attached hydrogen (secondary N) is 1. The van der Waals surface area contributed by atoms with Gasteiger partial charge in [-0.3, -0.25) is 4.98 Å². The number of pyridine rings is 1. The van der Waals surface area contributed by atoms with E-state index < -0.39 is 0 Å². The second-order valence-electron chi connectivity index (χ2n) is 3.50. The molecule has 0 saturated carbocycles. The van der Waals surface area contributed by atoms with Crippen molar-refractivity contribution in [1.82, 2.24) is 10.3 Å². The Morgan fingerprint density at radius 3 is 2.80 bits per heavy atom. The predicted octanol–water partition coefficient (Wildman–Crippen LogP) is 1.99. The molecule has 0 radical (unpaired) electrons. The van der Waals surface area contributed by atoms with E-state index in [1.54, 1.807) is 0 Å². The number of nitrogens with zero attached hydrogens (tertiary/aromatic N) is 1. The van der Waals surface area contributed by atoms with Crippen LogP contribution in [0.1, 0.15) is 25.3 Å². The Labute approximate surface area is 91.9 Å². The summed E-state index contributed by atoms with van der Waals surface area (Å²) in [6, 6.07) is 4.04. The lowest BCUT2D eigenvalue weighted by Crippen LogP contribution is -2.19. The second kappa shape index (κ2) is 8.38. The molecule has 1 rings (SSSR count). The minimum Gasteiger partial charge on any atom is -0.380 e. The van der Waals surface area contributed by atoms with Crippen molar-refractivity contribution in [2.45, 2.75) is 26.3 Å². The largest absolute Gasteiger partial charge is 0.380 e. The van der Waals surface area contributed by atoms with Crippen LogP contribution in [0.15, 0.2) is 24.5 Å². The topological polar surface area (TPSA) is 34.1 Å². The first-order valence-corrected chi connectivity index (χ1v) is 5.61. The number of hydrogen-bond acceptors (Lipinski definition) is 3. The number of hydrogen-bond donors (Lipinski definition) is 1. The van der Waals surface area contributed by atoms with E-state index in [-0.39, 0.29) is 0 Å². The van der Waals surface area contributed by atoms with Gasteiger partial charge in [0, 0.05) is 32.1 Å². The van der Waals surface area contributed by atoms with E-state index in [2.05, 4.69) is 17.2 Å². The van der Waals surface area contributed by atoms with Gasteiger partial charge in [-0.25, -0.2) is 0 Å². The summed E-state index contributed by atoms with van der Waals surface area (Å²) in [7, 11) is 0. The van der Waals surface area contributed by atoms with Crippen LogP contribution in [0.5, 0.6) is 0 Å². The highest BCUT2D eigenvalue weighted by molar-refractivity contribution is 5.08. The molecule has 1 N–H and O–H groups in total. The van der Waals surface area contributed by atoms with Gasteiger partial charge in [0.05, 0.1) is 6.61 Å². The van der Waals surface area contributed by atoms with Crippen LogP contribution in [-0.2, 0) is 11.3 Å². The molecule has 0 amide bonds. The molecule has 0 aliphatic carbocycles. The molecular weight excluding hydrogens is 188 g/mol. The summed E-state index contributed by atoms with van der Waals surface area (Å²) in [6.45, 7) is 5.65. The van der Waals surface area contributed by atoms with Crippen molar-refractivity contribution in [3.8, 4) is 0 Å². The van der Waals surface area contributed by atoms with Gasteiger partial charge in [-0.1, -0.05) is 13.3 Å². The fourth-order valence-corrected chi connectivity index (χ4v) is 1.23. The molecule has 84 valence electrons. The molecule has 1 aromatic heterocycles. The molecule has 1 heterocycles. The van der Waals surface area contributed by atoms with Crippen molar-refractivity contribution in [2.75, 3.05) is 19.8 Å². The van der Waals surface area contributed by atoms with E-state index in [1.165, 1.54) is 12.0 Å². The summed E-state index contributed by atoms with van der Waals surface area (Å²) in [5, 5.41) is 3.33. The molecular formula is C12H20N2O. The van der Waals surface area contributed by atoms with Crippen LogP contribution < -0.4 is 5.32 Å². The Balaban J connectivity index is 1.93. The molecule has 0 unspecified atom stereocenters. The molecule has 0 saturated heterocycles. The molecule has 0 aromatic carbocycles. The number of aromatic nitrogens is 1. The van der Waals surface area contributed by atoms with Gasteiger partial charge in [-0.15, -0.1) is 0 Å². The molecule has 1 aromatic rings. The van der Waals surface area contributed by atoms with Gasteiger partial charge in [0.25, 0.3) is 0 Å². The number of unbranched alkanes of at least 4 members (excludes halogenated alkanes) is 1. The number of rotatable bonds is 8. The molecule has 15 heavy (non-hydrogen) atoms. The average Bonchev–Trinajstić information content (AvgIpc) is 2.29. The summed E-state index contributed by atoms with van der Waals surface area (Å²) in [4.78, 5) is 3.97. The molecule has 0 bridgehead atoms. The lowest BCUT2D eigenvalue weighted by molar-refractivity contribution is 0.133. The van der Waals surface area contributed by atoms with E-state index in [9.17, 15) is 0 Å². The van der Waals surface area contributed by atoms with E-state index in [0.717, 1.165) is 32.7 Å². The van der Waals surface area contributed by atoms with Gasteiger partial charge in [0.15, 0.2) is 0 Å². The summed E-state index contributed by atoms with van der Waals surface area (Å²) in [6.07, 6.45) is 5.98. The SMILES string of the molecule is CCCCOCCNCc1ccncc1. The van der Waals surface area contributed by atoms with Crippen molar-refractivity contribution in [3.05, 3.63) is 30.1 Å². The lowest BCUT2D eigenvalue weighted by atomic mass is 10.3. The Morgan fingerprint density at radius 1 is 1.27 bits per heavy atom. The van der Waals surface area contributed by atoms with Crippen LogP contribution in [0.25, 0.3) is 0 Å². The van der Waals surface area contributed by atoms with Gasteiger partial charge < -0.3 is 10.1 Å². The zero-order valence-electron chi connectivity index (χ0n) is 9.41. The molecule has 3 nitrogen and oxygen atoms in total. The summed E-state index contributed by atoms with van der Waals surface area (Å²) < 4.78 is 5.44. The van der Waals surface area contributed by atoms with Crippen molar-refractivity contribution >= 4 is 0 Å². The smallest absolute Gasteiger partial charge is 0.0591 e. The van der Waals surface area contributed by atoms with Crippen molar-refractivity contribution in [1.29, 1.82) is 0 Å². The third-order valence-electron chi connectivity index (χ3n) is 2.14. The third kappa shape index (κ3) is 6.20. The highest BCUT2D eigenvalue weighted by atomic mass is 16.5. The molecule has 0 fully saturated rings. The maximum Gasteiger partial charge on any atom is 0.0591 e. The van der Waals surface area contributed by atoms with Crippen LogP contribution in [-0.4, -0.2) is 24.7 Å². The Morgan fingerprint density at radius 2 is 2.07 bits per heavy atom. The zero-order valence-corrected chi connectivity index (χ0v) is 9.41. The van der Waals surface area contributed by atoms with Gasteiger partial charge in [-0.05, 0) is 24.1 Å². The third-order valence-corrected chi connectivity index (χ3v) is 2.14. The molecule has 0 atom stereocenters. The number of ether oxygens (including phenoxy) is 1. The van der Waals surface area contributed by atoms with Crippen molar-refractivity contribution < 1.29 is 4.74 Å². The first-order chi connectivity index (χ1) is 7.43. The minimum absolute atomic E-state index is 0.797. The van der Waals surface area contributed by atoms with Crippen molar-refractivity contribution in [2.24, 2.45) is 0 Å². The van der Waals surface area contributed by atoms with Crippen LogP contribution >= 0.6 is 0 Å².